The van der Waals surface area contributed by atoms with Gasteiger partial charge in [0.05, 0.1) is 26.4 Å². The first kappa shape index (κ1) is 88.8. The molecule has 0 saturated carbocycles. The van der Waals surface area contributed by atoms with Gasteiger partial charge >= 0.3 is 39.5 Å². The summed E-state index contributed by atoms with van der Waals surface area (Å²) in [5.41, 5.74) is 0. The summed E-state index contributed by atoms with van der Waals surface area (Å²) in [6, 6.07) is 0. The lowest BCUT2D eigenvalue weighted by Gasteiger charge is -2.21. The predicted molar refractivity (Wildman–Crippen MR) is 372 cm³/mol. The average Bonchev–Trinajstić information content (AvgIpc) is 2.73. The van der Waals surface area contributed by atoms with E-state index >= 15 is 0 Å². The van der Waals surface area contributed by atoms with Crippen molar-refractivity contribution in [3.63, 3.8) is 0 Å². The van der Waals surface area contributed by atoms with Crippen molar-refractivity contribution >= 4 is 39.5 Å². The Hall–Kier alpha value is -3.24. The summed E-state index contributed by atoms with van der Waals surface area (Å²) in [6.45, 7) is 4.69. The van der Waals surface area contributed by atoms with Gasteiger partial charge in [0.2, 0.25) is 0 Å². The summed E-state index contributed by atoms with van der Waals surface area (Å²) in [7, 11) is -9.93. The predicted octanol–water partition coefficient (Wildman–Crippen LogP) is 20.3. The maximum Gasteiger partial charge on any atom is 0.472 e. The molecule has 0 bridgehead atoms. The molecule has 0 fully saturated rings. The SMILES string of the molecule is CC/C=C\C/C=C\C/C=C\CCCCCCCC(=O)OCC(COP(=O)(O)OCC(O)COP(=O)(O)OCC(COC(=O)CCCCCCCCCCCCCCC)OC(=O)CCCCCCCCCCCCC)OC(=O)CCCCCCC/C=C\C/C=C\CCC. The van der Waals surface area contributed by atoms with Crippen molar-refractivity contribution in [2.45, 2.75) is 341 Å². The molecule has 536 valence electrons. The van der Waals surface area contributed by atoms with E-state index in [9.17, 15) is 43.2 Å². The van der Waals surface area contributed by atoms with Crippen LogP contribution in [0.25, 0.3) is 0 Å². The van der Waals surface area contributed by atoms with Crippen LogP contribution in [0.5, 0.6) is 0 Å². The van der Waals surface area contributed by atoms with Crippen LogP contribution in [0.1, 0.15) is 323 Å². The average molecular weight is 1340 g/mol. The maximum absolute atomic E-state index is 13.0. The van der Waals surface area contributed by atoms with Gasteiger partial charge in [-0.05, 0) is 83.5 Å². The van der Waals surface area contributed by atoms with Gasteiger partial charge in [0.25, 0.3) is 0 Å². The van der Waals surface area contributed by atoms with Crippen molar-refractivity contribution in [1.29, 1.82) is 0 Å². The van der Waals surface area contributed by atoms with Gasteiger partial charge in [0.1, 0.15) is 19.3 Å². The number of hydrogen-bond donors (Lipinski definition) is 3. The molecular formula is C73H132O17P2. The second kappa shape index (κ2) is 66.4. The zero-order valence-electron chi connectivity index (χ0n) is 58.2. The third-order valence-electron chi connectivity index (χ3n) is 15.5. The number of allylic oxidation sites excluding steroid dienone is 10. The van der Waals surface area contributed by atoms with Crippen LogP contribution in [-0.4, -0.2) is 96.7 Å². The van der Waals surface area contributed by atoms with Gasteiger partial charge in [0, 0.05) is 25.7 Å². The van der Waals surface area contributed by atoms with E-state index in [1.54, 1.807) is 0 Å². The van der Waals surface area contributed by atoms with Crippen LogP contribution in [0.15, 0.2) is 60.8 Å². The first-order valence-corrected chi connectivity index (χ1v) is 39.5. The van der Waals surface area contributed by atoms with Gasteiger partial charge in [-0.15, -0.1) is 0 Å². The number of carbonyl (C=O) groups excluding carboxylic acids is 4. The van der Waals surface area contributed by atoms with Crippen LogP contribution in [0.4, 0.5) is 0 Å². The molecule has 0 saturated heterocycles. The summed E-state index contributed by atoms with van der Waals surface area (Å²) in [6.07, 6.45) is 62.2. The maximum atomic E-state index is 13.0. The molecule has 0 aliphatic carbocycles. The van der Waals surface area contributed by atoms with Crippen molar-refractivity contribution < 1.29 is 80.2 Å². The van der Waals surface area contributed by atoms with Crippen molar-refractivity contribution in [3.8, 4) is 0 Å². The lowest BCUT2D eigenvalue weighted by molar-refractivity contribution is -0.161. The quantitative estimate of drug-likeness (QED) is 0.0169. The molecule has 0 aromatic heterocycles. The fourth-order valence-electron chi connectivity index (χ4n) is 9.92. The molecule has 0 heterocycles. The number of phosphoric ester groups is 2. The fraction of sp³-hybridized carbons (Fsp3) is 0.808. The van der Waals surface area contributed by atoms with E-state index in [0.717, 1.165) is 148 Å². The molecule has 0 aliphatic heterocycles. The smallest absolute Gasteiger partial charge is 0.462 e. The second-order valence-corrected chi connectivity index (χ2v) is 27.4. The molecule has 5 unspecified atom stereocenters. The largest absolute Gasteiger partial charge is 0.472 e. The zero-order chi connectivity index (χ0) is 67.5. The minimum Gasteiger partial charge on any atom is -0.462 e. The molecule has 0 spiro atoms. The Morgan fingerprint density at radius 1 is 0.315 bits per heavy atom. The van der Waals surface area contributed by atoms with Crippen molar-refractivity contribution in [1.82, 2.24) is 0 Å². The first-order chi connectivity index (χ1) is 44.7. The third kappa shape index (κ3) is 65.4. The van der Waals surface area contributed by atoms with Gasteiger partial charge in [-0.3, -0.25) is 37.3 Å². The first-order valence-electron chi connectivity index (χ1n) is 36.5. The van der Waals surface area contributed by atoms with E-state index in [1.807, 2.05) is 0 Å². The number of aliphatic hydroxyl groups excluding tert-OH is 1. The monoisotopic (exact) mass is 1340 g/mol. The molecule has 0 aromatic carbocycles. The molecule has 0 aliphatic rings. The lowest BCUT2D eigenvalue weighted by atomic mass is 10.0. The van der Waals surface area contributed by atoms with E-state index in [1.165, 1.54) is 96.3 Å². The summed E-state index contributed by atoms with van der Waals surface area (Å²) in [4.78, 5) is 72.6. The van der Waals surface area contributed by atoms with Crippen molar-refractivity contribution in [3.05, 3.63) is 60.8 Å². The number of phosphoric acid groups is 2. The van der Waals surface area contributed by atoms with Crippen LogP contribution < -0.4 is 0 Å². The van der Waals surface area contributed by atoms with Gasteiger partial charge in [0.15, 0.2) is 12.2 Å². The Kier molecular flexibility index (Phi) is 64.0. The number of rotatable bonds is 69. The number of esters is 4. The van der Waals surface area contributed by atoms with Gasteiger partial charge in [-0.25, -0.2) is 9.13 Å². The van der Waals surface area contributed by atoms with E-state index in [4.69, 9.17) is 37.0 Å². The summed E-state index contributed by atoms with van der Waals surface area (Å²) < 4.78 is 68.3. The highest BCUT2D eigenvalue weighted by atomic mass is 31.2. The molecular weight excluding hydrogens is 1210 g/mol. The molecule has 17 nitrogen and oxygen atoms in total. The summed E-state index contributed by atoms with van der Waals surface area (Å²) >= 11 is 0. The third-order valence-corrected chi connectivity index (χ3v) is 17.4. The summed E-state index contributed by atoms with van der Waals surface area (Å²) in [5.74, 6) is -2.18. The van der Waals surface area contributed by atoms with Crippen LogP contribution in [0, 0.1) is 0 Å². The number of aliphatic hydroxyl groups is 1. The van der Waals surface area contributed by atoms with Crippen molar-refractivity contribution in [2.24, 2.45) is 0 Å². The molecule has 19 heteroatoms. The standard InChI is InChI=1S/C73H132O17P2/c1-5-9-13-17-21-25-29-32-33-36-39-42-46-50-54-58-71(76)84-64-69(90-73(78)60-56-52-48-44-40-35-31-27-23-19-15-11-7-3)66-88-92(81,82)86-62-67(74)61-85-91(79,80)87-65-68(89-72(77)59-55-51-47-43-37-28-24-20-16-12-8-4)63-83-70(75)57-53-49-45-41-38-34-30-26-22-18-14-10-6-2/h9,13,15,19,21,25,27,31-33,67-69,74H,5-8,10-12,14,16-18,20,22-24,26,28-30,34-66H2,1-4H3,(H,79,80)(H,81,82)/b13-9-,19-15-,25-21-,31-27-,33-32-. The summed E-state index contributed by atoms with van der Waals surface area (Å²) in [5, 5.41) is 10.6. The Morgan fingerprint density at radius 3 is 0.913 bits per heavy atom. The highest BCUT2D eigenvalue weighted by Gasteiger charge is 2.30. The fourth-order valence-corrected chi connectivity index (χ4v) is 11.5. The molecule has 92 heavy (non-hydrogen) atoms. The number of carbonyl (C=O) groups is 4. The van der Waals surface area contributed by atoms with Crippen LogP contribution >= 0.6 is 15.6 Å². The highest BCUT2D eigenvalue weighted by molar-refractivity contribution is 7.47. The Labute approximate surface area is 559 Å². The molecule has 0 radical (unpaired) electrons. The van der Waals surface area contributed by atoms with Crippen LogP contribution in [-0.2, 0) is 65.4 Å². The normalized spacial score (nSPS) is 14.4. The second-order valence-electron chi connectivity index (χ2n) is 24.5. The molecule has 0 aromatic rings. The number of ether oxygens (including phenoxy) is 4. The lowest BCUT2D eigenvalue weighted by Crippen LogP contribution is -2.30. The molecule has 0 amide bonds. The Morgan fingerprint density at radius 2 is 0.587 bits per heavy atom. The van der Waals surface area contributed by atoms with Gasteiger partial charge in [-0.1, -0.05) is 275 Å². The molecule has 3 N–H and O–H groups in total. The topological polar surface area (TPSA) is 237 Å². The minimum absolute atomic E-state index is 0.0778. The number of unbranched alkanes of at least 4 members (excludes halogenated alkanes) is 33. The van der Waals surface area contributed by atoms with E-state index in [2.05, 4.69) is 88.5 Å². The minimum atomic E-state index is -4.97. The van der Waals surface area contributed by atoms with Gasteiger partial charge < -0.3 is 33.8 Å². The van der Waals surface area contributed by atoms with E-state index in [-0.39, 0.29) is 25.7 Å². The van der Waals surface area contributed by atoms with Crippen molar-refractivity contribution in [2.75, 3.05) is 39.6 Å². The van der Waals surface area contributed by atoms with E-state index in [0.29, 0.717) is 25.7 Å². The van der Waals surface area contributed by atoms with Crippen LogP contribution in [0.3, 0.4) is 0 Å². The van der Waals surface area contributed by atoms with E-state index < -0.39 is 97.5 Å². The van der Waals surface area contributed by atoms with Crippen LogP contribution in [0.2, 0.25) is 0 Å². The molecule has 5 atom stereocenters. The number of hydrogen-bond acceptors (Lipinski definition) is 15. The zero-order valence-corrected chi connectivity index (χ0v) is 60.0. The molecule has 0 rings (SSSR count). The highest BCUT2D eigenvalue weighted by Crippen LogP contribution is 2.45. The Bertz CT molecular complexity index is 1990. The van der Waals surface area contributed by atoms with Gasteiger partial charge in [-0.2, -0.15) is 0 Å². The Balaban J connectivity index is 5.31.